The molecule has 2 atom stereocenters. The lowest BCUT2D eigenvalue weighted by atomic mass is 10.0. The van der Waals surface area contributed by atoms with Gasteiger partial charge in [0.2, 0.25) is 0 Å². The van der Waals surface area contributed by atoms with Gasteiger partial charge in [0.25, 0.3) is 0 Å². The van der Waals surface area contributed by atoms with Crippen LogP contribution in [0.15, 0.2) is 24.3 Å². The lowest BCUT2D eigenvalue weighted by Crippen LogP contribution is -2.45. The minimum atomic E-state index is -0.207. The summed E-state index contributed by atoms with van der Waals surface area (Å²) in [7, 11) is 1.87. The molecule has 2 unspecified atom stereocenters. The van der Waals surface area contributed by atoms with Gasteiger partial charge in [-0.15, -0.1) is 0 Å². The minimum Gasteiger partial charge on any atom is -0.374 e. The monoisotopic (exact) mass is 224 g/mol. The number of likely N-dealkylation sites (N-methyl/N-ethyl adjacent to an activating group) is 1. The van der Waals surface area contributed by atoms with Crippen molar-refractivity contribution in [3.8, 4) is 0 Å². The van der Waals surface area contributed by atoms with Crippen LogP contribution in [-0.2, 0) is 4.74 Å². The zero-order valence-corrected chi connectivity index (χ0v) is 9.37. The first-order valence-corrected chi connectivity index (χ1v) is 5.56. The van der Waals surface area contributed by atoms with Crippen LogP contribution in [0.5, 0.6) is 0 Å². The minimum absolute atomic E-state index is 0.0310. The summed E-state index contributed by atoms with van der Waals surface area (Å²) in [5.41, 5.74) is 0.927. The Bertz CT molecular complexity index is 340. The van der Waals surface area contributed by atoms with Crippen LogP contribution in [0.1, 0.15) is 11.6 Å². The number of hydrogen-bond acceptors (Lipinski definition) is 3. The Morgan fingerprint density at radius 1 is 1.56 bits per heavy atom. The van der Waals surface area contributed by atoms with Crippen LogP contribution in [0.2, 0.25) is 0 Å². The predicted molar refractivity (Wildman–Crippen MR) is 60.8 cm³/mol. The second-order valence-electron chi connectivity index (χ2n) is 3.93. The fourth-order valence-corrected chi connectivity index (χ4v) is 2.07. The summed E-state index contributed by atoms with van der Waals surface area (Å²) in [6.07, 6.45) is 0.0561. The summed E-state index contributed by atoms with van der Waals surface area (Å²) in [6.45, 7) is 2.39. The van der Waals surface area contributed by atoms with Crippen LogP contribution in [0, 0.1) is 5.82 Å². The van der Waals surface area contributed by atoms with Crippen molar-refractivity contribution in [1.29, 1.82) is 0 Å². The van der Waals surface area contributed by atoms with Crippen LogP contribution < -0.4 is 10.6 Å². The number of benzene rings is 1. The smallest absolute Gasteiger partial charge is 0.123 e. The number of rotatable bonds is 3. The van der Waals surface area contributed by atoms with Crippen molar-refractivity contribution in [1.82, 2.24) is 10.6 Å². The maximum absolute atomic E-state index is 13.1. The van der Waals surface area contributed by atoms with E-state index in [9.17, 15) is 4.39 Å². The number of ether oxygens (including phenoxy) is 1. The highest BCUT2D eigenvalue weighted by Crippen LogP contribution is 2.20. The topological polar surface area (TPSA) is 33.3 Å². The Morgan fingerprint density at radius 2 is 2.44 bits per heavy atom. The van der Waals surface area contributed by atoms with E-state index in [0.29, 0.717) is 6.61 Å². The van der Waals surface area contributed by atoms with E-state index in [2.05, 4.69) is 10.6 Å². The molecule has 0 radical (unpaired) electrons. The Kier molecular flexibility index (Phi) is 3.88. The second-order valence-corrected chi connectivity index (χ2v) is 3.93. The average molecular weight is 224 g/mol. The van der Waals surface area contributed by atoms with Gasteiger partial charge in [0.15, 0.2) is 0 Å². The molecule has 0 saturated carbocycles. The van der Waals surface area contributed by atoms with Crippen molar-refractivity contribution in [2.45, 2.75) is 12.1 Å². The quantitative estimate of drug-likeness (QED) is 0.806. The van der Waals surface area contributed by atoms with Crippen LogP contribution in [0.4, 0.5) is 4.39 Å². The Balaban J connectivity index is 2.14. The lowest BCUT2D eigenvalue weighted by Gasteiger charge is -2.31. The average Bonchev–Trinajstić information content (AvgIpc) is 2.31. The van der Waals surface area contributed by atoms with Gasteiger partial charge in [0, 0.05) is 13.1 Å². The molecular weight excluding hydrogens is 207 g/mol. The summed E-state index contributed by atoms with van der Waals surface area (Å²) >= 11 is 0. The van der Waals surface area contributed by atoms with Crippen LogP contribution in [0.3, 0.4) is 0 Å². The van der Waals surface area contributed by atoms with E-state index < -0.39 is 0 Å². The van der Waals surface area contributed by atoms with Crippen LogP contribution >= 0.6 is 0 Å². The molecule has 1 aliphatic rings. The first kappa shape index (κ1) is 11.5. The highest BCUT2D eigenvalue weighted by molar-refractivity contribution is 5.21. The highest BCUT2D eigenvalue weighted by atomic mass is 19.1. The molecule has 1 saturated heterocycles. The van der Waals surface area contributed by atoms with E-state index in [-0.39, 0.29) is 18.0 Å². The number of morpholine rings is 1. The second kappa shape index (κ2) is 5.39. The molecule has 16 heavy (non-hydrogen) atoms. The lowest BCUT2D eigenvalue weighted by molar-refractivity contribution is 0.00533. The van der Waals surface area contributed by atoms with Gasteiger partial charge in [-0.25, -0.2) is 4.39 Å². The predicted octanol–water partition coefficient (Wildman–Crippen LogP) is 1.07. The summed E-state index contributed by atoms with van der Waals surface area (Å²) in [6, 6.07) is 6.69. The van der Waals surface area contributed by atoms with Crippen LogP contribution in [-0.4, -0.2) is 32.8 Å². The number of hydrogen-bond donors (Lipinski definition) is 2. The van der Waals surface area contributed by atoms with Crippen molar-refractivity contribution in [3.63, 3.8) is 0 Å². The largest absolute Gasteiger partial charge is 0.374 e. The SMILES string of the molecule is CNC(c1cccc(F)c1)C1CNCCO1. The van der Waals surface area contributed by atoms with Crippen molar-refractivity contribution in [2.75, 3.05) is 26.7 Å². The van der Waals surface area contributed by atoms with E-state index in [4.69, 9.17) is 4.74 Å². The normalized spacial score (nSPS) is 23.0. The molecule has 2 N–H and O–H groups in total. The fourth-order valence-electron chi connectivity index (χ4n) is 2.07. The van der Waals surface area contributed by atoms with E-state index >= 15 is 0 Å². The van der Waals surface area contributed by atoms with E-state index in [1.165, 1.54) is 6.07 Å². The Labute approximate surface area is 95.0 Å². The molecule has 0 aliphatic carbocycles. The Morgan fingerprint density at radius 3 is 3.06 bits per heavy atom. The third kappa shape index (κ3) is 2.58. The molecule has 1 aliphatic heterocycles. The van der Waals surface area contributed by atoms with Crippen molar-refractivity contribution in [3.05, 3.63) is 35.6 Å². The van der Waals surface area contributed by atoms with Gasteiger partial charge in [-0.05, 0) is 24.7 Å². The zero-order valence-electron chi connectivity index (χ0n) is 9.37. The molecule has 2 rings (SSSR count). The first-order valence-electron chi connectivity index (χ1n) is 5.56. The van der Waals surface area contributed by atoms with Gasteiger partial charge >= 0.3 is 0 Å². The van der Waals surface area contributed by atoms with Gasteiger partial charge < -0.3 is 15.4 Å². The maximum atomic E-state index is 13.1. The summed E-state index contributed by atoms with van der Waals surface area (Å²) in [5, 5.41) is 6.46. The van der Waals surface area contributed by atoms with Gasteiger partial charge in [-0.1, -0.05) is 12.1 Å². The molecule has 0 bridgehead atoms. The summed E-state index contributed by atoms with van der Waals surface area (Å²) in [4.78, 5) is 0. The van der Waals surface area contributed by atoms with Gasteiger partial charge in [-0.3, -0.25) is 0 Å². The van der Waals surface area contributed by atoms with E-state index in [1.807, 2.05) is 13.1 Å². The fraction of sp³-hybridized carbons (Fsp3) is 0.500. The molecule has 1 aromatic rings. The molecule has 1 aromatic carbocycles. The molecule has 88 valence electrons. The first-order chi connectivity index (χ1) is 7.81. The molecule has 1 fully saturated rings. The molecular formula is C12H17FN2O. The Hall–Kier alpha value is -0.970. The van der Waals surface area contributed by atoms with Crippen molar-refractivity contribution < 1.29 is 9.13 Å². The summed E-state index contributed by atoms with van der Waals surface area (Å²) < 4.78 is 18.8. The van der Waals surface area contributed by atoms with E-state index in [0.717, 1.165) is 18.7 Å². The van der Waals surface area contributed by atoms with E-state index in [1.54, 1.807) is 12.1 Å². The molecule has 4 heteroatoms. The maximum Gasteiger partial charge on any atom is 0.123 e. The molecule has 1 heterocycles. The number of nitrogens with one attached hydrogen (secondary N) is 2. The molecule has 3 nitrogen and oxygen atoms in total. The van der Waals surface area contributed by atoms with Crippen molar-refractivity contribution in [2.24, 2.45) is 0 Å². The zero-order chi connectivity index (χ0) is 11.4. The van der Waals surface area contributed by atoms with Crippen LogP contribution in [0.25, 0.3) is 0 Å². The third-order valence-corrected chi connectivity index (χ3v) is 2.85. The number of halogens is 1. The van der Waals surface area contributed by atoms with Crippen molar-refractivity contribution >= 4 is 0 Å². The third-order valence-electron chi connectivity index (χ3n) is 2.85. The molecule has 0 spiro atoms. The standard InChI is InChI=1S/C12H17FN2O/c1-14-12(11-8-15-5-6-16-11)9-3-2-4-10(13)7-9/h2-4,7,11-12,14-15H,5-6,8H2,1H3. The highest BCUT2D eigenvalue weighted by Gasteiger charge is 2.24. The van der Waals surface area contributed by atoms with Gasteiger partial charge in [0.1, 0.15) is 5.82 Å². The molecule has 0 aromatic heterocycles. The summed E-state index contributed by atoms with van der Waals surface area (Å²) in [5.74, 6) is -0.207. The van der Waals surface area contributed by atoms with Gasteiger partial charge in [-0.2, -0.15) is 0 Å². The van der Waals surface area contributed by atoms with Gasteiger partial charge in [0.05, 0.1) is 18.8 Å². The molecule has 0 amide bonds.